The van der Waals surface area contributed by atoms with E-state index in [1.54, 1.807) is 6.07 Å². The van der Waals surface area contributed by atoms with Crippen molar-refractivity contribution in [1.29, 1.82) is 0 Å². The molecule has 1 fully saturated rings. The van der Waals surface area contributed by atoms with E-state index >= 15 is 0 Å². The van der Waals surface area contributed by atoms with Gasteiger partial charge in [0.2, 0.25) is 0 Å². The molecule has 2 aromatic rings. The topological polar surface area (TPSA) is 79.7 Å². The van der Waals surface area contributed by atoms with Gasteiger partial charge < -0.3 is 20.2 Å². The zero-order valence-electron chi connectivity index (χ0n) is 13.0. The first-order valence-corrected chi connectivity index (χ1v) is 8.00. The van der Waals surface area contributed by atoms with Crippen molar-refractivity contribution in [2.24, 2.45) is 5.73 Å². The second-order valence-corrected chi connectivity index (χ2v) is 5.96. The molecule has 3 rings (SSSR count). The Hall–Kier alpha value is -2.11. The highest BCUT2D eigenvalue weighted by Crippen LogP contribution is 2.28. The summed E-state index contributed by atoms with van der Waals surface area (Å²) in [5.41, 5.74) is 6.95. The summed E-state index contributed by atoms with van der Waals surface area (Å²) in [6.45, 7) is 0.998. The van der Waals surface area contributed by atoms with Crippen LogP contribution in [0.5, 0.6) is 0 Å². The molecule has 1 amide bonds. The quantitative estimate of drug-likeness (QED) is 0.888. The van der Waals surface area contributed by atoms with Crippen LogP contribution >= 0.6 is 0 Å². The maximum absolute atomic E-state index is 12.6. The van der Waals surface area contributed by atoms with E-state index in [4.69, 9.17) is 10.2 Å². The third kappa shape index (κ3) is 3.46. The maximum Gasteiger partial charge on any atom is 0.257 e. The Balaban J connectivity index is 1.69. The average molecular weight is 314 g/mol. The fourth-order valence-electron chi connectivity index (χ4n) is 3.18. The van der Waals surface area contributed by atoms with Crippen LogP contribution in [0.15, 0.2) is 47.1 Å². The predicted molar refractivity (Wildman–Crippen MR) is 86.7 cm³/mol. The summed E-state index contributed by atoms with van der Waals surface area (Å²) < 4.78 is 5.26. The molecule has 5 nitrogen and oxygen atoms in total. The van der Waals surface area contributed by atoms with Crippen LogP contribution < -0.4 is 5.73 Å². The largest absolute Gasteiger partial charge is 0.467 e. The van der Waals surface area contributed by atoms with Crippen LogP contribution in [0.1, 0.15) is 47.0 Å². The fourth-order valence-corrected chi connectivity index (χ4v) is 3.18. The van der Waals surface area contributed by atoms with Crippen LogP contribution in [-0.4, -0.2) is 28.5 Å². The Morgan fingerprint density at radius 2 is 2.17 bits per heavy atom. The normalized spacial score (nSPS) is 19.0. The van der Waals surface area contributed by atoms with Gasteiger partial charge in [0.15, 0.2) is 0 Å². The summed E-state index contributed by atoms with van der Waals surface area (Å²) in [6.07, 6.45) is 3.33. The van der Waals surface area contributed by atoms with Gasteiger partial charge in [0, 0.05) is 12.6 Å². The van der Waals surface area contributed by atoms with Crippen LogP contribution in [0.2, 0.25) is 0 Å². The monoisotopic (exact) mass is 314 g/mol. The second-order valence-electron chi connectivity index (χ2n) is 5.96. The first-order chi connectivity index (χ1) is 11.2. The van der Waals surface area contributed by atoms with Crippen molar-refractivity contribution >= 4 is 5.91 Å². The Morgan fingerprint density at radius 3 is 2.87 bits per heavy atom. The van der Waals surface area contributed by atoms with E-state index in [1.807, 2.05) is 35.2 Å². The molecule has 1 aromatic heterocycles. The van der Waals surface area contributed by atoms with Crippen molar-refractivity contribution in [2.45, 2.75) is 38.0 Å². The molecule has 2 atom stereocenters. The third-order valence-corrected chi connectivity index (χ3v) is 4.42. The predicted octanol–water partition coefficient (Wildman–Crippen LogP) is 2.47. The first kappa shape index (κ1) is 15.8. The Morgan fingerprint density at radius 1 is 1.39 bits per heavy atom. The van der Waals surface area contributed by atoms with Gasteiger partial charge >= 0.3 is 0 Å². The Bertz CT molecular complexity index is 653. The average Bonchev–Trinajstić information content (AvgIpc) is 3.24. The number of benzene rings is 1. The molecule has 1 aliphatic heterocycles. The van der Waals surface area contributed by atoms with E-state index in [-0.39, 0.29) is 18.5 Å². The van der Waals surface area contributed by atoms with E-state index in [2.05, 4.69) is 0 Å². The minimum absolute atomic E-state index is 0.0452. The molecule has 3 N–H and O–H groups in total. The van der Waals surface area contributed by atoms with Crippen molar-refractivity contribution < 1.29 is 14.3 Å². The lowest BCUT2D eigenvalue weighted by Crippen LogP contribution is -2.36. The molecule has 1 saturated heterocycles. The highest BCUT2D eigenvalue weighted by Gasteiger charge is 2.31. The molecular weight excluding hydrogens is 292 g/mol. The molecule has 0 saturated carbocycles. The standard InChI is InChI=1S/C18H22N2O3/c19-11-16-9-14(12-23-16)18(22)20-8-4-7-15(20)10-17(21)13-5-2-1-3-6-13/h1-3,5-6,9,12,15,17,21H,4,7-8,10-11,19H2. The molecule has 0 aliphatic carbocycles. The molecule has 1 aromatic carbocycles. The number of likely N-dealkylation sites (tertiary alicyclic amines) is 1. The maximum atomic E-state index is 12.6. The summed E-state index contributed by atoms with van der Waals surface area (Å²) in [7, 11) is 0. The molecule has 1 aliphatic rings. The van der Waals surface area contributed by atoms with Gasteiger partial charge in [0.25, 0.3) is 5.91 Å². The van der Waals surface area contributed by atoms with Crippen LogP contribution in [0.25, 0.3) is 0 Å². The van der Waals surface area contributed by atoms with E-state index < -0.39 is 6.10 Å². The van der Waals surface area contributed by atoms with Gasteiger partial charge in [-0.1, -0.05) is 30.3 Å². The number of hydrogen-bond acceptors (Lipinski definition) is 4. The summed E-state index contributed by atoms with van der Waals surface area (Å²) >= 11 is 0. The van der Waals surface area contributed by atoms with Crippen molar-refractivity contribution in [3.63, 3.8) is 0 Å². The van der Waals surface area contributed by atoms with Crippen molar-refractivity contribution in [1.82, 2.24) is 4.90 Å². The molecule has 5 heteroatoms. The van der Waals surface area contributed by atoms with Crippen LogP contribution in [0, 0.1) is 0 Å². The molecule has 0 radical (unpaired) electrons. The minimum atomic E-state index is -0.557. The highest BCUT2D eigenvalue weighted by atomic mass is 16.3. The molecule has 23 heavy (non-hydrogen) atoms. The molecule has 0 bridgehead atoms. The number of aliphatic hydroxyl groups is 1. The first-order valence-electron chi connectivity index (χ1n) is 8.00. The van der Waals surface area contributed by atoms with Crippen LogP contribution in [-0.2, 0) is 6.54 Å². The van der Waals surface area contributed by atoms with E-state index in [0.29, 0.717) is 24.3 Å². The Kier molecular flexibility index (Phi) is 4.79. The number of nitrogens with zero attached hydrogens (tertiary/aromatic N) is 1. The summed E-state index contributed by atoms with van der Waals surface area (Å²) in [5.74, 6) is 0.560. The number of furan rings is 1. The lowest BCUT2D eigenvalue weighted by molar-refractivity contribution is 0.0666. The smallest absolute Gasteiger partial charge is 0.257 e. The van der Waals surface area contributed by atoms with Crippen molar-refractivity contribution in [3.8, 4) is 0 Å². The van der Waals surface area contributed by atoms with Crippen molar-refractivity contribution in [3.05, 3.63) is 59.5 Å². The summed E-state index contributed by atoms with van der Waals surface area (Å²) in [5, 5.41) is 10.4. The molecule has 2 unspecified atom stereocenters. The van der Waals surface area contributed by atoms with Gasteiger partial charge in [-0.15, -0.1) is 0 Å². The van der Waals surface area contributed by atoms with Crippen LogP contribution in [0.4, 0.5) is 0 Å². The van der Waals surface area contributed by atoms with Crippen molar-refractivity contribution in [2.75, 3.05) is 6.54 Å². The summed E-state index contributed by atoms with van der Waals surface area (Å²) in [4.78, 5) is 14.5. The number of carbonyl (C=O) groups excluding carboxylic acids is 1. The lowest BCUT2D eigenvalue weighted by Gasteiger charge is -2.26. The zero-order valence-corrected chi connectivity index (χ0v) is 13.0. The number of aliphatic hydroxyl groups excluding tert-OH is 1. The fraction of sp³-hybridized carbons (Fsp3) is 0.389. The second kappa shape index (κ2) is 6.98. The van der Waals surface area contributed by atoms with Gasteiger partial charge in [-0.25, -0.2) is 0 Å². The highest BCUT2D eigenvalue weighted by molar-refractivity contribution is 5.94. The molecule has 2 heterocycles. The summed E-state index contributed by atoms with van der Waals surface area (Å²) in [6, 6.07) is 11.3. The number of rotatable bonds is 5. The number of hydrogen-bond donors (Lipinski definition) is 2. The van der Waals surface area contributed by atoms with Gasteiger partial charge in [-0.3, -0.25) is 4.79 Å². The SMILES string of the molecule is NCc1cc(C(=O)N2CCCC2CC(O)c2ccccc2)co1. The van der Waals surface area contributed by atoms with Gasteiger partial charge in [0.05, 0.1) is 18.2 Å². The molecule has 122 valence electrons. The molecular formula is C18H22N2O3. The van der Waals surface area contributed by atoms with E-state index in [9.17, 15) is 9.90 Å². The van der Waals surface area contributed by atoms with E-state index in [0.717, 1.165) is 18.4 Å². The van der Waals surface area contributed by atoms with E-state index in [1.165, 1.54) is 6.26 Å². The number of nitrogens with two attached hydrogens (primary N) is 1. The van der Waals surface area contributed by atoms with Crippen LogP contribution in [0.3, 0.4) is 0 Å². The third-order valence-electron chi connectivity index (χ3n) is 4.42. The van der Waals surface area contributed by atoms with Gasteiger partial charge in [0.1, 0.15) is 12.0 Å². The molecule has 0 spiro atoms. The number of amides is 1. The van der Waals surface area contributed by atoms with Gasteiger partial charge in [-0.2, -0.15) is 0 Å². The Labute approximate surface area is 135 Å². The lowest BCUT2D eigenvalue weighted by atomic mass is 10.0. The minimum Gasteiger partial charge on any atom is -0.467 e. The van der Waals surface area contributed by atoms with Gasteiger partial charge in [-0.05, 0) is 30.9 Å². The zero-order chi connectivity index (χ0) is 16.2. The number of carbonyl (C=O) groups is 1.